The Balaban J connectivity index is 1.58. The van der Waals surface area contributed by atoms with Crippen LogP contribution in [0.3, 0.4) is 0 Å². The Bertz CT molecular complexity index is 1330. The van der Waals surface area contributed by atoms with Crippen molar-refractivity contribution >= 4 is 29.0 Å². The highest BCUT2D eigenvalue weighted by molar-refractivity contribution is 7.71. The molecule has 1 aliphatic rings. The van der Waals surface area contributed by atoms with Gasteiger partial charge in [-0.3, -0.25) is 14.2 Å². The molecule has 0 fully saturated rings. The van der Waals surface area contributed by atoms with Gasteiger partial charge in [-0.1, -0.05) is 6.08 Å². The van der Waals surface area contributed by atoms with Gasteiger partial charge in [0.1, 0.15) is 17.6 Å². The molecule has 1 aromatic heterocycles. The van der Waals surface area contributed by atoms with Crippen molar-refractivity contribution in [1.82, 2.24) is 14.9 Å². The summed E-state index contributed by atoms with van der Waals surface area (Å²) in [6, 6.07) is 8.83. The molecule has 1 atom stereocenters. The molecule has 0 saturated heterocycles. The summed E-state index contributed by atoms with van der Waals surface area (Å²) in [6.45, 7) is 8.74. The Hall–Kier alpha value is -3.39. The number of aromatic amines is 1. The maximum atomic E-state index is 12.8. The number of nitrogens with zero attached hydrogens (tertiary/aromatic N) is 1. The minimum atomic E-state index is -0.265. The van der Waals surface area contributed by atoms with Crippen LogP contribution in [0.1, 0.15) is 35.3 Å². The number of H-pyrrole nitrogens is 1. The summed E-state index contributed by atoms with van der Waals surface area (Å²) in [4.78, 5) is 28.5. The van der Waals surface area contributed by atoms with Crippen molar-refractivity contribution in [3.8, 4) is 11.5 Å². The van der Waals surface area contributed by atoms with E-state index in [0.717, 1.165) is 29.0 Å². The number of hydrogen-bond acceptors (Lipinski definition) is 5. The van der Waals surface area contributed by atoms with Crippen molar-refractivity contribution in [3.63, 3.8) is 0 Å². The first kappa shape index (κ1) is 21.8. The Kier molecular flexibility index (Phi) is 6.14. The van der Waals surface area contributed by atoms with Gasteiger partial charge in [-0.05, 0) is 56.4 Å². The summed E-state index contributed by atoms with van der Waals surface area (Å²) in [7, 11) is 0. The molecule has 4 rings (SSSR count). The fourth-order valence-electron chi connectivity index (χ4n) is 3.88. The van der Waals surface area contributed by atoms with Gasteiger partial charge in [0.2, 0.25) is 0 Å². The number of nitrogens with one attached hydrogen (secondary N) is 2. The van der Waals surface area contributed by atoms with E-state index in [0.29, 0.717) is 29.6 Å². The van der Waals surface area contributed by atoms with Crippen molar-refractivity contribution in [1.29, 1.82) is 0 Å². The SMILES string of the molecule is C=CCn1c(=S)[nH]c2cc(C(=O)NCc3cc4c(cc3OCC)CC(C)O4)ccc2c1=O. The van der Waals surface area contributed by atoms with E-state index in [1.807, 2.05) is 26.0 Å². The molecule has 0 bridgehead atoms. The zero-order chi connectivity index (χ0) is 22.8. The molecule has 3 aromatic rings. The first-order valence-corrected chi connectivity index (χ1v) is 10.9. The molecular weight excluding hydrogens is 426 g/mol. The lowest BCUT2D eigenvalue weighted by Crippen LogP contribution is -2.24. The molecule has 2 N–H and O–H groups in total. The maximum absolute atomic E-state index is 12.8. The van der Waals surface area contributed by atoms with Gasteiger partial charge in [-0.15, -0.1) is 6.58 Å². The first-order valence-electron chi connectivity index (χ1n) is 10.5. The highest BCUT2D eigenvalue weighted by atomic mass is 32.1. The van der Waals surface area contributed by atoms with Crippen LogP contribution in [0.4, 0.5) is 0 Å². The minimum absolute atomic E-state index is 0.128. The van der Waals surface area contributed by atoms with Crippen LogP contribution in [0.15, 0.2) is 47.8 Å². The highest BCUT2D eigenvalue weighted by Crippen LogP contribution is 2.35. The fourth-order valence-corrected chi connectivity index (χ4v) is 4.15. The van der Waals surface area contributed by atoms with Gasteiger partial charge < -0.3 is 19.8 Å². The maximum Gasteiger partial charge on any atom is 0.262 e. The predicted octanol–water partition coefficient (Wildman–Crippen LogP) is 3.90. The quantitative estimate of drug-likeness (QED) is 0.420. The highest BCUT2D eigenvalue weighted by Gasteiger charge is 2.22. The third-order valence-electron chi connectivity index (χ3n) is 5.37. The molecule has 166 valence electrons. The van der Waals surface area contributed by atoms with Gasteiger partial charge in [-0.2, -0.15) is 0 Å². The van der Waals surface area contributed by atoms with Crippen LogP contribution in [0, 0.1) is 4.77 Å². The average molecular weight is 452 g/mol. The Labute approximate surface area is 190 Å². The summed E-state index contributed by atoms with van der Waals surface area (Å²) in [6.07, 6.45) is 2.58. The number of aromatic nitrogens is 2. The molecule has 32 heavy (non-hydrogen) atoms. The van der Waals surface area contributed by atoms with E-state index in [1.165, 1.54) is 4.57 Å². The smallest absolute Gasteiger partial charge is 0.262 e. The summed E-state index contributed by atoms with van der Waals surface area (Å²) in [5, 5.41) is 3.39. The number of benzene rings is 2. The number of carbonyl (C=O) groups excluding carboxylic acids is 1. The Morgan fingerprint density at radius 3 is 2.97 bits per heavy atom. The normalized spacial score (nSPS) is 14.6. The van der Waals surface area contributed by atoms with Crippen molar-refractivity contribution in [2.75, 3.05) is 6.61 Å². The van der Waals surface area contributed by atoms with Crippen molar-refractivity contribution < 1.29 is 14.3 Å². The summed E-state index contributed by atoms with van der Waals surface area (Å²) < 4.78 is 13.3. The van der Waals surface area contributed by atoms with Crippen LogP contribution in [0.2, 0.25) is 0 Å². The van der Waals surface area contributed by atoms with Crippen LogP contribution in [0.25, 0.3) is 10.9 Å². The summed E-state index contributed by atoms with van der Waals surface area (Å²) in [5.74, 6) is 1.31. The van der Waals surface area contributed by atoms with Crippen molar-refractivity contribution in [2.45, 2.75) is 39.5 Å². The van der Waals surface area contributed by atoms with Crippen LogP contribution in [0.5, 0.6) is 11.5 Å². The number of allylic oxidation sites excluding steroid dienone is 1. The molecule has 2 aromatic carbocycles. The van der Waals surface area contributed by atoms with E-state index in [1.54, 1.807) is 24.3 Å². The zero-order valence-corrected chi connectivity index (χ0v) is 18.9. The predicted molar refractivity (Wildman–Crippen MR) is 126 cm³/mol. The second kappa shape index (κ2) is 9.00. The van der Waals surface area contributed by atoms with E-state index in [4.69, 9.17) is 21.7 Å². The van der Waals surface area contributed by atoms with Gasteiger partial charge >= 0.3 is 0 Å². The van der Waals surface area contributed by atoms with E-state index in [9.17, 15) is 9.59 Å². The molecule has 1 amide bonds. The number of rotatable bonds is 7. The lowest BCUT2D eigenvalue weighted by Gasteiger charge is -2.13. The van der Waals surface area contributed by atoms with Gasteiger partial charge in [-0.25, -0.2) is 0 Å². The standard InChI is InChI=1S/C24H25N3O4S/c1-4-8-27-23(29)18-7-6-15(10-19(18)26-24(27)32)22(28)25-13-17-12-21-16(9-14(3)31-21)11-20(17)30-5-2/h4,6-7,10-12,14H,1,5,8-9,13H2,2-3H3,(H,25,28)(H,26,32). The second-order valence-corrected chi connectivity index (χ2v) is 8.10. The molecule has 1 unspecified atom stereocenters. The Morgan fingerprint density at radius 1 is 1.41 bits per heavy atom. The van der Waals surface area contributed by atoms with Gasteiger partial charge in [0.05, 0.1) is 17.5 Å². The first-order chi connectivity index (χ1) is 15.4. The Morgan fingerprint density at radius 2 is 2.22 bits per heavy atom. The van der Waals surface area contributed by atoms with E-state index >= 15 is 0 Å². The number of amides is 1. The lowest BCUT2D eigenvalue weighted by molar-refractivity contribution is 0.0950. The third-order valence-corrected chi connectivity index (χ3v) is 5.70. The van der Waals surface area contributed by atoms with Crippen LogP contribution in [-0.2, 0) is 19.5 Å². The van der Waals surface area contributed by atoms with E-state index in [2.05, 4.69) is 16.9 Å². The second-order valence-electron chi connectivity index (χ2n) is 7.71. The van der Waals surface area contributed by atoms with Gasteiger partial charge in [0.15, 0.2) is 4.77 Å². The molecule has 2 heterocycles. The van der Waals surface area contributed by atoms with Gasteiger partial charge in [0.25, 0.3) is 11.5 Å². The fraction of sp³-hybridized carbons (Fsp3) is 0.292. The third kappa shape index (κ3) is 4.18. The number of hydrogen-bond donors (Lipinski definition) is 2. The minimum Gasteiger partial charge on any atom is -0.494 e. The molecule has 7 nitrogen and oxygen atoms in total. The summed E-state index contributed by atoms with van der Waals surface area (Å²) in [5.41, 5.74) is 2.68. The monoisotopic (exact) mass is 451 g/mol. The molecular formula is C24H25N3O4S. The molecule has 0 saturated carbocycles. The van der Waals surface area contributed by atoms with Crippen molar-refractivity contribution in [2.24, 2.45) is 0 Å². The largest absolute Gasteiger partial charge is 0.494 e. The number of carbonyl (C=O) groups is 1. The van der Waals surface area contributed by atoms with E-state index < -0.39 is 0 Å². The summed E-state index contributed by atoms with van der Waals surface area (Å²) >= 11 is 5.28. The molecule has 0 spiro atoms. The van der Waals surface area contributed by atoms with Crippen LogP contribution in [-0.4, -0.2) is 28.2 Å². The van der Waals surface area contributed by atoms with Crippen LogP contribution < -0.4 is 20.3 Å². The van der Waals surface area contributed by atoms with Crippen molar-refractivity contribution in [3.05, 3.63) is 74.8 Å². The lowest BCUT2D eigenvalue weighted by atomic mass is 10.1. The zero-order valence-electron chi connectivity index (χ0n) is 18.1. The average Bonchev–Trinajstić information content (AvgIpc) is 3.13. The number of fused-ring (bicyclic) bond motifs is 2. The van der Waals surface area contributed by atoms with Crippen LogP contribution >= 0.6 is 12.2 Å². The van der Waals surface area contributed by atoms with Gasteiger partial charge in [0, 0.05) is 36.2 Å². The van der Waals surface area contributed by atoms with E-state index in [-0.39, 0.29) is 28.9 Å². The molecule has 0 radical (unpaired) electrons. The molecule has 8 heteroatoms. The number of ether oxygens (including phenoxy) is 2. The molecule has 0 aliphatic carbocycles. The topological polar surface area (TPSA) is 85.3 Å². The molecule has 1 aliphatic heterocycles.